The highest BCUT2D eigenvalue weighted by Crippen LogP contribution is 2.64. The van der Waals surface area contributed by atoms with E-state index in [2.05, 4.69) is 10.2 Å². The number of rotatable bonds is 4. The Labute approximate surface area is 165 Å². The van der Waals surface area contributed by atoms with Gasteiger partial charge in [-0.1, -0.05) is 24.6 Å². The molecule has 2 aliphatic heterocycles. The first-order chi connectivity index (χ1) is 13.6. The van der Waals surface area contributed by atoms with Crippen molar-refractivity contribution in [2.75, 3.05) is 26.2 Å². The molecule has 1 aliphatic carbocycles. The van der Waals surface area contributed by atoms with Crippen LogP contribution in [0.5, 0.6) is 0 Å². The van der Waals surface area contributed by atoms with Crippen LogP contribution in [0.1, 0.15) is 50.3 Å². The van der Waals surface area contributed by atoms with E-state index >= 15 is 0 Å². The van der Waals surface area contributed by atoms with E-state index in [1.807, 2.05) is 30.3 Å². The van der Waals surface area contributed by atoms with Gasteiger partial charge in [0.2, 0.25) is 11.8 Å². The molecule has 1 aromatic carbocycles. The Morgan fingerprint density at radius 2 is 1.61 bits per heavy atom. The first-order valence-corrected chi connectivity index (χ1v) is 11.6. The molecular formula is C20H26N4O3S. The van der Waals surface area contributed by atoms with E-state index in [9.17, 15) is 8.42 Å². The van der Waals surface area contributed by atoms with Gasteiger partial charge in [0.05, 0.1) is 0 Å². The van der Waals surface area contributed by atoms with Crippen LogP contribution in [-0.4, -0.2) is 53.4 Å². The molecule has 1 aromatic heterocycles. The molecule has 7 nitrogen and oxygen atoms in total. The van der Waals surface area contributed by atoms with Gasteiger partial charge in [0.25, 0.3) is 10.2 Å². The topological polar surface area (TPSA) is 79.5 Å². The Balaban J connectivity index is 1.24. The molecule has 2 saturated heterocycles. The number of nitrogens with zero attached hydrogens (tertiary/aromatic N) is 4. The van der Waals surface area contributed by atoms with Gasteiger partial charge in [0.15, 0.2) is 0 Å². The van der Waals surface area contributed by atoms with Crippen LogP contribution in [0, 0.1) is 5.41 Å². The van der Waals surface area contributed by atoms with E-state index < -0.39 is 10.2 Å². The van der Waals surface area contributed by atoms with Crippen LogP contribution >= 0.6 is 0 Å². The Hall–Kier alpha value is -1.77. The summed E-state index contributed by atoms with van der Waals surface area (Å²) in [5.41, 5.74) is 1.06. The van der Waals surface area contributed by atoms with E-state index in [0.717, 1.165) is 44.1 Å². The molecule has 150 valence electrons. The summed E-state index contributed by atoms with van der Waals surface area (Å²) in [6.45, 7) is 2.51. The molecule has 0 amide bonds. The molecule has 5 rings (SSSR count). The molecule has 1 atom stereocenters. The van der Waals surface area contributed by atoms with E-state index in [0.29, 0.717) is 38.0 Å². The lowest BCUT2D eigenvalue weighted by Crippen LogP contribution is -2.49. The fourth-order valence-corrected chi connectivity index (χ4v) is 6.43. The number of aromatic nitrogens is 2. The summed E-state index contributed by atoms with van der Waals surface area (Å²) in [6.07, 6.45) is 5.83. The van der Waals surface area contributed by atoms with Crippen LogP contribution in [0.3, 0.4) is 0 Å². The Kier molecular flexibility index (Phi) is 4.52. The number of hydrogen-bond acceptors (Lipinski definition) is 5. The SMILES string of the molecule is O=S(=O)(N1CCCCC1)N1CCC2(CC1)C[C@@H]2c1nnc(-c2ccccc2)o1. The van der Waals surface area contributed by atoms with Gasteiger partial charge >= 0.3 is 0 Å². The summed E-state index contributed by atoms with van der Waals surface area (Å²) in [7, 11) is -3.31. The van der Waals surface area contributed by atoms with Gasteiger partial charge in [0.1, 0.15) is 0 Å². The molecule has 0 unspecified atom stereocenters. The lowest BCUT2D eigenvalue weighted by molar-refractivity contribution is 0.225. The van der Waals surface area contributed by atoms with Crippen molar-refractivity contribution >= 4 is 10.2 Å². The number of benzene rings is 1. The molecule has 0 bridgehead atoms. The highest BCUT2D eigenvalue weighted by atomic mass is 32.2. The fraction of sp³-hybridized carbons (Fsp3) is 0.600. The third kappa shape index (κ3) is 3.17. The highest BCUT2D eigenvalue weighted by Gasteiger charge is 2.59. The smallest absolute Gasteiger partial charge is 0.281 e. The van der Waals surface area contributed by atoms with Crippen LogP contribution in [0.25, 0.3) is 11.5 Å². The normalized spacial score (nSPS) is 25.8. The average Bonchev–Trinajstić information content (AvgIpc) is 3.21. The van der Waals surface area contributed by atoms with Crippen LogP contribution < -0.4 is 0 Å². The lowest BCUT2D eigenvalue weighted by Gasteiger charge is -2.36. The van der Waals surface area contributed by atoms with E-state index in [-0.39, 0.29) is 11.3 Å². The maximum Gasteiger partial charge on any atom is 0.281 e. The van der Waals surface area contributed by atoms with Crippen molar-refractivity contribution in [1.82, 2.24) is 18.8 Å². The van der Waals surface area contributed by atoms with Crippen molar-refractivity contribution < 1.29 is 12.8 Å². The zero-order chi connectivity index (χ0) is 19.2. The minimum absolute atomic E-state index is 0.133. The lowest BCUT2D eigenvalue weighted by atomic mass is 9.92. The highest BCUT2D eigenvalue weighted by molar-refractivity contribution is 7.86. The molecule has 1 saturated carbocycles. The quantitative estimate of drug-likeness (QED) is 0.785. The van der Waals surface area contributed by atoms with Crippen molar-refractivity contribution in [3.8, 4) is 11.5 Å². The van der Waals surface area contributed by atoms with Gasteiger partial charge < -0.3 is 4.42 Å². The Morgan fingerprint density at radius 1 is 0.929 bits per heavy atom. The monoisotopic (exact) mass is 402 g/mol. The van der Waals surface area contributed by atoms with Crippen molar-refractivity contribution in [2.45, 2.75) is 44.4 Å². The zero-order valence-electron chi connectivity index (χ0n) is 16.0. The van der Waals surface area contributed by atoms with Crippen LogP contribution in [-0.2, 0) is 10.2 Å². The standard InChI is InChI=1S/C20H26N4O3S/c25-28(26,23-11-5-2-6-12-23)24-13-9-20(10-14-24)15-17(20)19-22-21-18(27-19)16-7-3-1-4-8-16/h1,3-4,7-8,17H,2,5-6,9-15H2/t17-/m1/s1. The maximum absolute atomic E-state index is 12.9. The van der Waals surface area contributed by atoms with Crippen molar-refractivity contribution in [1.29, 1.82) is 0 Å². The molecule has 3 fully saturated rings. The van der Waals surface area contributed by atoms with Crippen molar-refractivity contribution in [2.24, 2.45) is 5.41 Å². The second kappa shape index (κ2) is 6.93. The zero-order valence-corrected chi connectivity index (χ0v) is 16.8. The summed E-state index contributed by atoms with van der Waals surface area (Å²) in [4.78, 5) is 0. The predicted octanol–water partition coefficient (Wildman–Crippen LogP) is 3.04. The maximum atomic E-state index is 12.9. The van der Waals surface area contributed by atoms with Crippen LogP contribution in [0.2, 0.25) is 0 Å². The van der Waals surface area contributed by atoms with Crippen molar-refractivity contribution in [3.63, 3.8) is 0 Å². The summed E-state index contributed by atoms with van der Waals surface area (Å²) >= 11 is 0. The number of hydrogen-bond donors (Lipinski definition) is 0. The number of piperidine rings is 2. The molecule has 3 aliphatic rings. The summed E-state index contributed by atoms with van der Waals surface area (Å²) < 4.78 is 35.1. The van der Waals surface area contributed by atoms with Gasteiger partial charge in [-0.25, -0.2) is 0 Å². The Morgan fingerprint density at radius 3 is 2.32 bits per heavy atom. The molecule has 0 N–H and O–H groups in total. The van der Waals surface area contributed by atoms with Crippen molar-refractivity contribution in [3.05, 3.63) is 36.2 Å². The first-order valence-electron chi connectivity index (χ1n) is 10.2. The molecule has 1 spiro atoms. The first kappa shape index (κ1) is 18.3. The summed E-state index contributed by atoms with van der Waals surface area (Å²) in [5, 5.41) is 8.50. The van der Waals surface area contributed by atoms with Gasteiger partial charge in [-0.05, 0) is 49.7 Å². The van der Waals surface area contributed by atoms with Crippen LogP contribution in [0.15, 0.2) is 34.7 Å². The average molecular weight is 403 g/mol. The van der Waals surface area contributed by atoms with Gasteiger partial charge in [0, 0.05) is 37.7 Å². The minimum Gasteiger partial charge on any atom is -0.420 e. The van der Waals surface area contributed by atoms with Gasteiger partial charge in [-0.3, -0.25) is 0 Å². The molecule has 28 heavy (non-hydrogen) atoms. The molecular weight excluding hydrogens is 376 g/mol. The third-order valence-corrected chi connectivity index (χ3v) is 8.67. The third-order valence-electron chi connectivity index (χ3n) is 6.63. The summed E-state index contributed by atoms with van der Waals surface area (Å²) in [6, 6.07) is 9.79. The van der Waals surface area contributed by atoms with Gasteiger partial charge in [-0.2, -0.15) is 17.0 Å². The van der Waals surface area contributed by atoms with Gasteiger partial charge in [-0.15, -0.1) is 10.2 Å². The largest absolute Gasteiger partial charge is 0.420 e. The molecule has 2 aromatic rings. The van der Waals surface area contributed by atoms with E-state index in [1.165, 1.54) is 0 Å². The predicted molar refractivity (Wildman–Crippen MR) is 105 cm³/mol. The second-order valence-electron chi connectivity index (χ2n) is 8.30. The Bertz CT molecular complexity index is 929. The fourth-order valence-electron chi connectivity index (χ4n) is 4.74. The molecule has 8 heteroatoms. The summed E-state index contributed by atoms with van der Waals surface area (Å²) in [5.74, 6) is 1.52. The second-order valence-corrected chi connectivity index (χ2v) is 10.2. The molecule has 3 heterocycles. The van der Waals surface area contributed by atoms with E-state index in [1.54, 1.807) is 8.61 Å². The van der Waals surface area contributed by atoms with Crippen LogP contribution in [0.4, 0.5) is 0 Å². The minimum atomic E-state index is -3.31. The molecule has 0 radical (unpaired) electrons. The van der Waals surface area contributed by atoms with E-state index in [4.69, 9.17) is 4.42 Å².